The summed E-state index contributed by atoms with van der Waals surface area (Å²) in [6, 6.07) is 0. The number of rotatable bonds is 4. The molecule has 2 atom stereocenters. The van der Waals surface area contributed by atoms with Gasteiger partial charge in [-0.25, -0.2) is 8.78 Å². The Morgan fingerprint density at radius 2 is 2.00 bits per heavy atom. The second-order valence-electron chi connectivity index (χ2n) is 6.61. The molecule has 0 aromatic heterocycles. The van der Waals surface area contributed by atoms with Crippen LogP contribution in [-0.4, -0.2) is 37.2 Å². The molecule has 2 unspecified atom stereocenters. The third kappa shape index (κ3) is 4.63. The first-order valence-corrected chi connectivity index (χ1v) is 6.69. The zero-order chi connectivity index (χ0) is 13.9. The van der Waals surface area contributed by atoms with Crippen LogP contribution in [0.5, 0.6) is 0 Å². The van der Waals surface area contributed by atoms with Crippen molar-refractivity contribution in [2.24, 2.45) is 17.3 Å². The van der Waals surface area contributed by atoms with Gasteiger partial charge in [0.2, 0.25) is 0 Å². The Morgan fingerprint density at radius 3 is 2.50 bits per heavy atom. The highest BCUT2D eigenvalue weighted by Gasteiger charge is 2.35. The van der Waals surface area contributed by atoms with Crippen LogP contribution in [0.25, 0.3) is 0 Å². The van der Waals surface area contributed by atoms with Gasteiger partial charge in [0, 0.05) is 18.9 Å². The Labute approximate surface area is 109 Å². The highest BCUT2D eigenvalue weighted by atomic mass is 19.3. The topological polar surface area (TPSA) is 20.3 Å². The molecule has 1 aliphatic carbocycles. The minimum Gasteiger partial charge on any atom is -0.300 e. The Hall–Kier alpha value is -0.510. The van der Waals surface area contributed by atoms with Crippen molar-refractivity contribution in [3.63, 3.8) is 0 Å². The van der Waals surface area contributed by atoms with Gasteiger partial charge in [0.25, 0.3) is 6.43 Å². The number of hydrogen-bond donors (Lipinski definition) is 0. The number of carbonyl (C=O) groups is 1. The third-order valence-electron chi connectivity index (χ3n) is 3.97. The van der Waals surface area contributed by atoms with Crippen LogP contribution in [0.15, 0.2) is 0 Å². The predicted molar refractivity (Wildman–Crippen MR) is 68.8 cm³/mol. The molecule has 4 heteroatoms. The fourth-order valence-electron chi connectivity index (χ4n) is 2.76. The van der Waals surface area contributed by atoms with E-state index in [2.05, 4.69) is 20.8 Å². The van der Waals surface area contributed by atoms with E-state index in [1.165, 1.54) is 0 Å². The molecule has 0 N–H and O–H groups in total. The molecule has 2 nitrogen and oxygen atoms in total. The number of ketones is 1. The zero-order valence-electron chi connectivity index (χ0n) is 11.9. The molecule has 0 spiro atoms. The number of nitrogens with zero attached hydrogens (tertiary/aromatic N) is 1. The van der Waals surface area contributed by atoms with Gasteiger partial charge in [-0.1, -0.05) is 20.8 Å². The van der Waals surface area contributed by atoms with Gasteiger partial charge in [-0.15, -0.1) is 0 Å². The van der Waals surface area contributed by atoms with Crippen LogP contribution in [0.1, 0.15) is 40.0 Å². The van der Waals surface area contributed by atoms with Crippen LogP contribution >= 0.6 is 0 Å². The molecule has 106 valence electrons. The minimum absolute atomic E-state index is 0.0632. The van der Waals surface area contributed by atoms with Gasteiger partial charge in [-0.05, 0) is 31.2 Å². The summed E-state index contributed by atoms with van der Waals surface area (Å²) >= 11 is 0. The van der Waals surface area contributed by atoms with Crippen molar-refractivity contribution in [1.29, 1.82) is 0 Å². The first-order chi connectivity index (χ1) is 8.20. The molecule has 0 bridgehead atoms. The molecule has 18 heavy (non-hydrogen) atoms. The Kier molecular flexibility index (Phi) is 5.26. The van der Waals surface area contributed by atoms with Crippen LogP contribution in [0, 0.1) is 17.3 Å². The molecule has 0 aliphatic heterocycles. The van der Waals surface area contributed by atoms with Gasteiger partial charge in [0.1, 0.15) is 5.78 Å². The lowest BCUT2D eigenvalue weighted by Gasteiger charge is -2.38. The number of carbonyl (C=O) groups excluding carboxylic acids is 1. The largest absolute Gasteiger partial charge is 0.300 e. The Morgan fingerprint density at radius 1 is 1.39 bits per heavy atom. The van der Waals surface area contributed by atoms with Gasteiger partial charge in [0.15, 0.2) is 0 Å². The lowest BCUT2D eigenvalue weighted by molar-refractivity contribution is -0.127. The Balaban J connectivity index is 2.55. The van der Waals surface area contributed by atoms with Crippen molar-refractivity contribution in [3.8, 4) is 0 Å². The van der Waals surface area contributed by atoms with E-state index in [4.69, 9.17) is 0 Å². The minimum atomic E-state index is -2.33. The van der Waals surface area contributed by atoms with E-state index in [0.29, 0.717) is 18.9 Å². The zero-order valence-corrected chi connectivity index (χ0v) is 11.9. The summed E-state index contributed by atoms with van der Waals surface area (Å²) in [6.07, 6.45) is 0.0645. The van der Waals surface area contributed by atoms with Crippen LogP contribution in [0.3, 0.4) is 0 Å². The van der Waals surface area contributed by atoms with Crippen LogP contribution in [0.4, 0.5) is 8.78 Å². The van der Waals surface area contributed by atoms with Crippen LogP contribution in [-0.2, 0) is 4.79 Å². The maximum atomic E-state index is 12.3. The third-order valence-corrected chi connectivity index (χ3v) is 3.97. The van der Waals surface area contributed by atoms with Crippen molar-refractivity contribution in [2.45, 2.75) is 46.5 Å². The highest BCUT2D eigenvalue weighted by Crippen LogP contribution is 2.39. The van der Waals surface area contributed by atoms with Gasteiger partial charge >= 0.3 is 0 Å². The van der Waals surface area contributed by atoms with E-state index in [-0.39, 0.29) is 23.7 Å². The molecule has 1 rings (SSSR count). The van der Waals surface area contributed by atoms with Gasteiger partial charge in [-0.3, -0.25) is 4.79 Å². The van der Waals surface area contributed by atoms with E-state index in [0.717, 1.165) is 12.8 Å². The molecule has 1 aliphatic rings. The second kappa shape index (κ2) is 6.09. The van der Waals surface area contributed by atoms with Crippen LogP contribution in [0.2, 0.25) is 0 Å². The molecular weight excluding hydrogens is 236 g/mol. The summed E-state index contributed by atoms with van der Waals surface area (Å²) in [7, 11) is 1.67. The average molecular weight is 261 g/mol. The number of Topliss-reactive ketones (excluding diaryl/α,β-unsaturated/α-hetero) is 1. The fraction of sp³-hybridized carbons (Fsp3) is 0.929. The summed E-state index contributed by atoms with van der Waals surface area (Å²) in [5.41, 5.74) is 0.195. The highest BCUT2D eigenvalue weighted by molar-refractivity contribution is 5.82. The molecule has 1 saturated carbocycles. The van der Waals surface area contributed by atoms with E-state index in [1.807, 2.05) is 0 Å². The first kappa shape index (κ1) is 15.5. The number of halogens is 2. The van der Waals surface area contributed by atoms with Crippen LogP contribution < -0.4 is 0 Å². The lowest BCUT2D eigenvalue weighted by Crippen LogP contribution is -2.39. The monoisotopic (exact) mass is 261 g/mol. The maximum absolute atomic E-state index is 12.3. The van der Waals surface area contributed by atoms with Gasteiger partial charge < -0.3 is 4.90 Å². The normalized spacial score (nSPS) is 26.1. The van der Waals surface area contributed by atoms with E-state index < -0.39 is 6.43 Å². The molecule has 0 saturated heterocycles. The quantitative estimate of drug-likeness (QED) is 0.774. The van der Waals surface area contributed by atoms with E-state index >= 15 is 0 Å². The summed E-state index contributed by atoms with van der Waals surface area (Å²) in [6.45, 7) is 6.79. The van der Waals surface area contributed by atoms with Crippen molar-refractivity contribution in [2.75, 3.05) is 20.1 Å². The van der Waals surface area contributed by atoms with Gasteiger partial charge in [-0.2, -0.15) is 0 Å². The molecule has 0 aromatic rings. The first-order valence-electron chi connectivity index (χ1n) is 6.69. The summed E-state index contributed by atoms with van der Waals surface area (Å²) in [5.74, 6) is 0.698. The van der Waals surface area contributed by atoms with Crippen molar-refractivity contribution < 1.29 is 13.6 Å². The number of alkyl halides is 2. The van der Waals surface area contributed by atoms with E-state index in [1.54, 1.807) is 11.9 Å². The smallest absolute Gasteiger partial charge is 0.251 e. The summed E-state index contributed by atoms with van der Waals surface area (Å²) in [4.78, 5) is 13.5. The molecule has 0 aromatic carbocycles. The standard InChI is InChI=1S/C14H25F2NO/c1-14(2,3)11-5-6-12(18)10(7-11)8-17(4)9-13(15)16/h10-11,13H,5-9H2,1-4H3. The Bertz CT molecular complexity index is 286. The molecular formula is C14H25F2NO. The second-order valence-corrected chi connectivity index (χ2v) is 6.61. The molecule has 0 heterocycles. The lowest BCUT2D eigenvalue weighted by atomic mass is 9.68. The summed E-state index contributed by atoms with van der Waals surface area (Å²) in [5, 5.41) is 0. The maximum Gasteiger partial charge on any atom is 0.251 e. The van der Waals surface area contributed by atoms with Crippen molar-refractivity contribution >= 4 is 5.78 Å². The fourth-order valence-corrected chi connectivity index (χ4v) is 2.76. The van der Waals surface area contributed by atoms with E-state index in [9.17, 15) is 13.6 Å². The summed E-state index contributed by atoms with van der Waals surface area (Å²) < 4.78 is 24.6. The van der Waals surface area contributed by atoms with Crippen molar-refractivity contribution in [1.82, 2.24) is 4.90 Å². The predicted octanol–water partition coefficient (Wildman–Crippen LogP) is 3.21. The average Bonchev–Trinajstić information content (AvgIpc) is 2.18. The molecule has 1 fully saturated rings. The molecule has 0 amide bonds. The number of hydrogen-bond acceptors (Lipinski definition) is 2. The SMILES string of the molecule is CN(CC(F)F)CC1CC(C(C)(C)C)CCC1=O. The molecule has 0 radical (unpaired) electrons. The van der Waals surface area contributed by atoms with Crippen molar-refractivity contribution in [3.05, 3.63) is 0 Å². The van der Waals surface area contributed by atoms with Gasteiger partial charge in [0.05, 0.1) is 6.54 Å².